The number of aliphatic hydroxyl groups excluding tert-OH is 1. The maximum atomic E-state index is 11.9. The van der Waals surface area contributed by atoms with Crippen molar-refractivity contribution < 1.29 is 14.3 Å². The Morgan fingerprint density at radius 3 is 2.82 bits per heavy atom. The Bertz CT molecular complexity index is 364. The molecule has 0 aliphatic heterocycles. The van der Waals surface area contributed by atoms with Crippen LogP contribution in [0.25, 0.3) is 0 Å². The molecular formula is C13H19NO3. The fourth-order valence-corrected chi connectivity index (χ4v) is 2.34. The molecule has 0 spiro atoms. The molecule has 1 aliphatic rings. The summed E-state index contributed by atoms with van der Waals surface area (Å²) in [6.45, 7) is 2.21. The van der Waals surface area contributed by atoms with Crippen LogP contribution in [0, 0.1) is 5.92 Å². The van der Waals surface area contributed by atoms with E-state index in [0.717, 1.165) is 25.7 Å². The SMILES string of the molecule is CC1CCC(CO)(NC(=O)c2ccoc2)CC1. The van der Waals surface area contributed by atoms with Gasteiger partial charge in [-0.05, 0) is 37.7 Å². The van der Waals surface area contributed by atoms with Crippen LogP contribution in [0.2, 0.25) is 0 Å². The average Bonchev–Trinajstić information content (AvgIpc) is 2.86. The van der Waals surface area contributed by atoms with E-state index in [-0.39, 0.29) is 12.5 Å². The summed E-state index contributed by atoms with van der Waals surface area (Å²) in [6.07, 6.45) is 6.68. The summed E-state index contributed by atoms with van der Waals surface area (Å²) in [5.41, 5.74) is 0.0670. The second-order valence-corrected chi connectivity index (χ2v) is 5.09. The highest BCUT2D eigenvalue weighted by molar-refractivity contribution is 5.94. The minimum Gasteiger partial charge on any atom is -0.472 e. The van der Waals surface area contributed by atoms with E-state index in [1.165, 1.54) is 12.5 Å². The van der Waals surface area contributed by atoms with Crippen LogP contribution in [0.15, 0.2) is 23.0 Å². The molecule has 1 saturated carbocycles. The molecule has 0 aromatic carbocycles. The Morgan fingerprint density at radius 1 is 1.59 bits per heavy atom. The molecule has 0 atom stereocenters. The first kappa shape index (κ1) is 12.2. The van der Waals surface area contributed by atoms with Gasteiger partial charge in [-0.25, -0.2) is 0 Å². The van der Waals surface area contributed by atoms with Gasteiger partial charge in [-0.2, -0.15) is 0 Å². The van der Waals surface area contributed by atoms with E-state index in [2.05, 4.69) is 12.2 Å². The Kier molecular flexibility index (Phi) is 3.52. The molecule has 17 heavy (non-hydrogen) atoms. The highest BCUT2D eigenvalue weighted by Crippen LogP contribution is 2.31. The van der Waals surface area contributed by atoms with Gasteiger partial charge in [-0.1, -0.05) is 6.92 Å². The molecule has 4 nitrogen and oxygen atoms in total. The molecular weight excluding hydrogens is 218 g/mol. The van der Waals surface area contributed by atoms with Crippen LogP contribution in [0.4, 0.5) is 0 Å². The van der Waals surface area contributed by atoms with Crippen molar-refractivity contribution in [2.24, 2.45) is 5.92 Å². The van der Waals surface area contributed by atoms with Gasteiger partial charge >= 0.3 is 0 Å². The summed E-state index contributed by atoms with van der Waals surface area (Å²) in [5, 5.41) is 12.5. The third-order valence-corrected chi connectivity index (χ3v) is 3.70. The third-order valence-electron chi connectivity index (χ3n) is 3.70. The minimum absolute atomic E-state index is 0.00329. The molecule has 0 radical (unpaired) electrons. The number of carbonyl (C=O) groups is 1. The number of hydrogen-bond donors (Lipinski definition) is 2. The molecule has 0 bridgehead atoms. The third kappa shape index (κ3) is 2.69. The summed E-state index contributed by atoms with van der Waals surface area (Å²) in [6, 6.07) is 1.63. The first-order valence-corrected chi connectivity index (χ1v) is 6.11. The summed E-state index contributed by atoms with van der Waals surface area (Å²) in [4.78, 5) is 11.9. The van der Waals surface area contributed by atoms with Crippen molar-refractivity contribution in [1.29, 1.82) is 0 Å². The van der Waals surface area contributed by atoms with Crippen LogP contribution in [0.1, 0.15) is 43.0 Å². The van der Waals surface area contributed by atoms with E-state index >= 15 is 0 Å². The maximum Gasteiger partial charge on any atom is 0.255 e. The average molecular weight is 237 g/mol. The second-order valence-electron chi connectivity index (χ2n) is 5.09. The predicted octanol–water partition coefficient (Wildman–Crippen LogP) is 1.95. The number of amides is 1. The lowest BCUT2D eigenvalue weighted by molar-refractivity contribution is 0.0716. The van der Waals surface area contributed by atoms with E-state index in [4.69, 9.17) is 4.42 Å². The second kappa shape index (κ2) is 4.92. The van der Waals surface area contributed by atoms with E-state index in [9.17, 15) is 9.90 Å². The van der Waals surface area contributed by atoms with Gasteiger partial charge in [0.15, 0.2) is 0 Å². The van der Waals surface area contributed by atoms with Crippen molar-refractivity contribution in [1.82, 2.24) is 5.32 Å². The minimum atomic E-state index is -0.444. The first-order valence-electron chi connectivity index (χ1n) is 6.11. The van der Waals surface area contributed by atoms with Crippen LogP contribution in [-0.2, 0) is 0 Å². The zero-order valence-corrected chi connectivity index (χ0v) is 10.1. The topological polar surface area (TPSA) is 62.5 Å². The molecule has 4 heteroatoms. The molecule has 0 unspecified atom stereocenters. The van der Waals surface area contributed by atoms with Gasteiger partial charge in [-0.3, -0.25) is 4.79 Å². The van der Waals surface area contributed by atoms with Crippen molar-refractivity contribution >= 4 is 5.91 Å². The largest absolute Gasteiger partial charge is 0.472 e. The van der Waals surface area contributed by atoms with Gasteiger partial charge < -0.3 is 14.8 Å². The number of carbonyl (C=O) groups excluding carboxylic acids is 1. The van der Waals surface area contributed by atoms with E-state index in [0.29, 0.717) is 11.5 Å². The van der Waals surface area contributed by atoms with Crippen molar-refractivity contribution in [2.45, 2.75) is 38.1 Å². The van der Waals surface area contributed by atoms with Gasteiger partial charge in [0.25, 0.3) is 5.91 Å². The molecule has 1 aromatic heterocycles. The number of hydrogen-bond acceptors (Lipinski definition) is 3. The molecule has 1 heterocycles. The quantitative estimate of drug-likeness (QED) is 0.844. The van der Waals surface area contributed by atoms with Crippen LogP contribution >= 0.6 is 0 Å². The molecule has 94 valence electrons. The Morgan fingerprint density at radius 2 is 2.29 bits per heavy atom. The predicted molar refractivity (Wildman–Crippen MR) is 63.6 cm³/mol. The lowest BCUT2D eigenvalue weighted by atomic mass is 9.77. The number of rotatable bonds is 3. The van der Waals surface area contributed by atoms with Crippen LogP contribution in [0.3, 0.4) is 0 Å². The molecule has 1 amide bonds. The van der Waals surface area contributed by atoms with Crippen LogP contribution in [-0.4, -0.2) is 23.2 Å². The van der Waals surface area contributed by atoms with Crippen molar-refractivity contribution in [3.63, 3.8) is 0 Å². The standard InChI is InChI=1S/C13H19NO3/c1-10-2-5-13(9-15,6-3-10)14-12(16)11-4-7-17-8-11/h4,7-8,10,15H,2-3,5-6,9H2,1H3,(H,14,16). The zero-order chi connectivity index (χ0) is 12.3. The van der Waals surface area contributed by atoms with Crippen molar-refractivity contribution in [3.05, 3.63) is 24.2 Å². The monoisotopic (exact) mass is 237 g/mol. The highest BCUT2D eigenvalue weighted by atomic mass is 16.3. The van der Waals surface area contributed by atoms with Gasteiger partial charge in [0, 0.05) is 0 Å². The summed E-state index contributed by atoms with van der Waals surface area (Å²) >= 11 is 0. The fourth-order valence-electron chi connectivity index (χ4n) is 2.34. The van der Waals surface area contributed by atoms with Crippen molar-refractivity contribution in [2.75, 3.05) is 6.61 Å². The lowest BCUT2D eigenvalue weighted by Gasteiger charge is -2.38. The van der Waals surface area contributed by atoms with E-state index in [1.54, 1.807) is 6.07 Å². The van der Waals surface area contributed by atoms with Crippen molar-refractivity contribution in [3.8, 4) is 0 Å². The maximum absolute atomic E-state index is 11.9. The van der Waals surface area contributed by atoms with E-state index < -0.39 is 5.54 Å². The highest BCUT2D eigenvalue weighted by Gasteiger charge is 2.35. The van der Waals surface area contributed by atoms with Crippen LogP contribution < -0.4 is 5.32 Å². The summed E-state index contributed by atoms with van der Waals surface area (Å²) in [5.74, 6) is 0.517. The Balaban J connectivity index is 2.02. The molecule has 0 saturated heterocycles. The van der Waals surface area contributed by atoms with Gasteiger partial charge in [-0.15, -0.1) is 0 Å². The van der Waals surface area contributed by atoms with Gasteiger partial charge in [0.1, 0.15) is 6.26 Å². The number of aliphatic hydroxyl groups is 1. The zero-order valence-electron chi connectivity index (χ0n) is 10.1. The first-order chi connectivity index (χ1) is 8.15. The Labute approximate surface area is 101 Å². The molecule has 2 N–H and O–H groups in total. The molecule has 1 fully saturated rings. The van der Waals surface area contributed by atoms with E-state index in [1.807, 2.05) is 0 Å². The van der Waals surface area contributed by atoms with Gasteiger partial charge in [0.05, 0.1) is 24.0 Å². The summed E-state index contributed by atoms with van der Waals surface area (Å²) < 4.78 is 4.89. The Hall–Kier alpha value is -1.29. The van der Waals surface area contributed by atoms with Gasteiger partial charge in [0.2, 0.25) is 0 Å². The normalized spacial score (nSPS) is 28.9. The molecule has 2 rings (SSSR count). The molecule has 1 aliphatic carbocycles. The fraction of sp³-hybridized carbons (Fsp3) is 0.615. The lowest BCUT2D eigenvalue weighted by Crippen LogP contribution is -2.53. The molecule has 1 aromatic rings. The smallest absolute Gasteiger partial charge is 0.255 e. The van der Waals surface area contributed by atoms with Crippen LogP contribution in [0.5, 0.6) is 0 Å². The number of furan rings is 1. The summed E-state index contributed by atoms with van der Waals surface area (Å²) in [7, 11) is 0. The number of nitrogens with one attached hydrogen (secondary N) is 1.